The number of pyridine rings is 1. The summed E-state index contributed by atoms with van der Waals surface area (Å²) in [4.78, 5) is 24.2. The predicted molar refractivity (Wildman–Crippen MR) is 106 cm³/mol. The molecule has 0 saturated carbocycles. The molecule has 0 spiro atoms. The molecule has 6 heteroatoms. The molecule has 2 aliphatic rings. The second kappa shape index (κ2) is 7.60. The summed E-state index contributed by atoms with van der Waals surface area (Å²) in [6.07, 6.45) is 1.82. The molecule has 2 aromatic rings. The summed E-state index contributed by atoms with van der Waals surface area (Å²) in [5.41, 5.74) is 1.08. The molecule has 1 atom stereocenters. The van der Waals surface area contributed by atoms with Crippen molar-refractivity contribution in [2.75, 3.05) is 32.7 Å². The van der Waals surface area contributed by atoms with Crippen molar-refractivity contribution in [1.82, 2.24) is 19.7 Å². The van der Waals surface area contributed by atoms with Gasteiger partial charge in [0.05, 0.1) is 11.3 Å². The van der Waals surface area contributed by atoms with Gasteiger partial charge in [0.15, 0.2) is 0 Å². The van der Waals surface area contributed by atoms with Crippen LogP contribution in [-0.4, -0.2) is 69.9 Å². The number of aromatic nitrogens is 1. The Labute approximate surface area is 165 Å². The first-order chi connectivity index (χ1) is 13.4. The molecule has 4 rings (SSSR count). The lowest BCUT2D eigenvalue weighted by atomic mass is 9.92. The van der Waals surface area contributed by atoms with E-state index >= 15 is 0 Å². The van der Waals surface area contributed by atoms with E-state index in [1.807, 2.05) is 29.3 Å². The van der Waals surface area contributed by atoms with Crippen molar-refractivity contribution in [2.24, 2.45) is 0 Å². The van der Waals surface area contributed by atoms with Gasteiger partial charge in [0, 0.05) is 57.0 Å². The number of fused-ring (bicyclic) bond motifs is 1. The first kappa shape index (κ1) is 19.0. The Bertz CT molecular complexity index is 841. The first-order valence-corrected chi connectivity index (χ1v) is 9.87. The van der Waals surface area contributed by atoms with Crippen LogP contribution in [0.5, 0.6) is 0 Å². The highest BCUT2D eigenvalue weighted by molar-refractivity contribution is 5.94. The molecule has 0 bridgehead atoms. The summed E-state index contributed by atoms with van der Waals surface area (Å²) < 4.78 is 14.2. The van der Waals surface area contributed by atoms with Crippen LogP contribution in [0.25, 0.3) is 0 Å². The number of nitrogens with zero attached hydrogens (tertiary/aromatic N) is 4. The molecule has 1 unspecified atom stereocenters. The quantitative estimate of drug-likeness (QED) is 0.818. The van der Waals surface area contributed by atoms with Crippen molar-refractivity contribution >= 4 is 5.91 Å². The predicted octanol–water partition coefficient (Wildman–Crippen LogP) is 2.64. The van der Waals surface area contributed by atoms with Gasteiger partial charge in [-0.3, -0.25) is 19.6 Å². The number of halogens is 1. The molecule has 1 aromatic heterocycles. The molecule has 2 saturated heterocycles. The zero-order valence-electron chi connectivity index (χ0n) is 16.5. The minimum atomic E-state index is -0.451. The molecule has 3 heterocycles. The van der Waals surface area contributed by atoms with Crippen molar-refractivity contribution in [1.29, 1.82) is 0 Å². The molecule has 0 N–H and O–H groups in total. The lowest BCUT2D eigenvalue weighted by Gasteiger charge is -2.55. The fourth-order valence-electron chi connectivity index (χ4n) is 4.57. The van der Waals surface area contributed by atoms with Crippen molar-refractivity contribution in [3.05, 3.63) is 65.7 Å². The molecular weight excluding hydrogens is 355 g/mol. The lowest BCUT2D eigenvalue weighted by molar-refractivity contribution is -0.0580. The number of carbonyl (C=O) groups is 1. The summed E-state index contributed by atoms with van der Waals surface area (Å²) in [5, 5.41) is 0. The van der Waals surface area contributed by atoms with Crippen molar-refractivity contribution in [3.8, 4) is 0 Å². The van der Waals surface area contributed by atoms with Crippen LogP contribution >= 0.6 is 0 Å². The maximum atomic E-state index is 14.2. The number of rotatable bonds is 3. The van der Waals surface area contributed by atoms with Gasteiger partial charge in [-0.25, -0.2) is 4.39 Å². The van der Waals surface area contributed by atoms with Gasteiger partial charge in [-0.15, -0.1) is 0 Å². The summed E-state index contributed by atoms with van der Waals surface area (Å²) in [6, 6.07) is 12.5. The van der Waals surface area contributed by atoms with E-state index in [0.29, 0.717) is 13.1 Å². The van der Waals surface area contributed by atoms with Gasteiger partial charge in [-0.2, -0.15) is 0 Å². The van der Waals surface area contributed by atoms with Crippen LogP contribution in [0.3, 0.4) is 0 Å². The average molecular weight is 382 g/mol. The van der Waals surface area contributed by atoms with E-state index in [-0.39, 0.29) is 23.1 Å². The molecule has 2 fully saturated rings. The zero-order valence-corrected chi connectivity index (χ0v) is 16.5. The maximum absolute atomic E-state index is 14.2. The maximum Gasteiger partial charge on any atom is 0.256 e. The molecule has 1 amide bonds. The van der Waals surface area contributed by atoms with Gasteiger partial charge < -0.3 is 4.90 Å². The van der Waals surface area contributed by atoms with Crippen molar-refractivity contribution in [3.63, 3.8) is 0 Å². The Morgan fingerprint density at radius 1 is 1.14 bits per heavy atom. The summed E-state index contributed by atoms with van der Waals surface area (Å²) in [5.74, 6) is -0.666. The molecular formula is C22H27FN4O. The van der Waals surface area contributed by atoms with E-state index in [1.165, 1.54) is 6.07 Å². The van der Waals surface area contributed by atoms with Crippen LogP contribution in [0.4, 0.5) is 4.39 Å². The lowest BCUT2D eigenvalue weighted by Crippen LogP contribution is -2.70. The summed E-state index contributed by atoms with van der Waals surface area (Å²) >= 11 is 0. The first-order valence-electron chi connectivity index (χ1n) is 9.87. The molecule has 1 aromatic carbocycles. The Kier molecular flexibility index (Phi) is 5.17. The van der Waals surface area contributed by atoms with Crippen LogP contribution in [0.1, 0.15) is 29.9 Å². The van der Waals surface area contributed by atoms with E-state index < -0.39 is 5.82 Å². The van der Waals surface area contributed by atoms with Crippen molar-refractivity contribution < 1.29 is 9.18 Å². The number of hydrogen-bond donors (Lipinski definition) is 0. The molecule has 5 nitrogen and oxygen atoms in total. The third-order valence-electron chi connectivity index (χ3n) is 5.86. The molecule has 0 aliphatic carbocycles. The fourth-order valence-corrected chi connectivity index (χ4v) is 4.57. The van der Waals surface area contributed by atoms with Gasteiger partial charge in [-0.1, -0.05) is 18.2 Å². The number of amides is 1. The monoisotopic (exact) mass is 382 g/mol. The Balaban J connectivity index is 1.50. The van der Waals surface area contributed by atoms with E-state index in [1.54, 1.807) is 18.2 Å². The molecule has 2 aliphatic heterocycles. The average Bonchev–Trinajstić information content (AvgIpc) is 2.68. The van der Waals surface area contributed by atoms with E-state index in [2.05, 4.69) is 28.6 Å². The minimum Gasteiger partial charge on any atom is -0.335 e. The van der Waals surface area contributed by atoms with Crippen LogP contribution < -0.4 is 0 Å². The number of carbonyl (C=O) groups excluding carboxylic acids is 1. The number of piperazine rings is 2. The number of benzene rings is 1. The standard InChI is InChI=1S/C22H27FN4O/c1-22(2)16-26(21(28)19-8-3-4-9-20(19)23)15-18-14-25(11-12-27(18)22)13-17-7-5-6-10-24-17/h3-10,18H,11-16H2,1-2H3. The largest absolute Gasteiger partial charge is 0.335 e. The van der Waals surface area contributed by atoms with Gasteiger partial charge in [0.2, 0.25) is 0 Å². The molecule has 28 heavy (non-hydrogen) atoms. The highest BCUT2D eigenvalue weighted by Gasteiger charge is 2.44. The molecule has 148 valence electrons. The third-order valence-corrected chi connectivity index (χ3v) is 5.86. The topological polar surface area (TPSA) is 39.7 Å². The van der Waals surface area contributed by atoms with Crippen LogP contribution in [0.15, 0.2) is 48.7 Å². The Hall–Kier alpha value is -2.31. The Morgan fingerprint density at radius 3 is 2.68 bits per heavy atom. The van der Waals surface area contributed by atoms with E-state index in [9.17, 15) is 9.18 Å². The normalized spacial score (nSPS) is 22.7. The highest BCUT2D eigenvalue weighted by atomic mass is 19.1. The SMILES string of the molecule is CC1(C)CN(C(=O)c2ccccc2F)CC2CN(Cc3ccccn3)CCN21. The summed E-state index contributed by atoms with van der Waals surface area (Å²) in [7, 11) is 0. The van der Waals surface area contributed by atoms with Gasteiger partial charge in [0.25, 0.3) is 5.91 Å². The fraction of sp³-hybridized carbons (Fsp3) is 0.455. The van der Waals surface area contributed by atoms with Gasteiger partial charge >= 0.3 is 0 Å². The Morgan fingerprint density at radius 2 is 1.93 bits per heavy atom. The minimum absolute atomic E-state index is 0.138. The van der Waals surface area contributed by atoms with Gasteiger partial charge in [-0.05, 0) is 38.1 Å². The van der Waals surface area contributed by atoms with Crippen molar-refractivity contribution in [2.45, 2.75) is 32.0 Å². The molecule has 0 radical (unpaired) electrons. The van der Waals surface area contributed by atoms with Crippen LogP contribution in [0, 0.1) is 5.82 Å². The second-order valence-electron chi connectivity index (χ2n) is 8.38. The summed E-state index contributed by atoms with van der Waals surface area (Å²) in [6.45, 7) is 9.22. The van der Waals surface area contributed by atoms with E-state index in [0.717, 1.165) is 31.9 Å². The smallest absolute Gasteiger partial charge is 0.256 e. The zero-order chi connectivity index (χ0) is 19.7. The second-order valence-corrected chi connectivity index (χ2v) is 8.38. The van der Waals surface area contributed by atoms with E-state index in [4.69, 9.17) is 0 Å². The van der Waals surface area contributed by atoms with Crippen LogP contribution in [-0.2, 0) is 6.54 Å². The number of hydrogen-bond acceptors (Lipinski definition) is 4. The third kappa shape index (κ3) is 3.80. The highest BCUT2D eigenvalue weighted by Crippen LogP contribution is 2.29. The van der Waals surface area contributed by atoms with Gasteiger partial charge in [0.1, 0.15) is 5.82 Å². The van der Waals surface area contributed by atoms with Crippen LogP contribution in [0.2, 0.25) is 0 Å².